The molecule has 0 radical (unpaired) electrons. The van der Waals surface area contributed by atoms with Crippen LogP contribution in [0.2, 0.25) is 0 Å². The van der Waals surface area contributed by atoms with E-state index in [9.17, 15) is 4.79 Å². The van der Waals surface area contributed by atoms with Crippen LogP contribution in [0.1, 0.15) is 40.6 Å². The van der Waals surface area contributed by atoms with Gasteiger partial charge in [0.25, 0.3) is 5.91 Å². The van der Waals surface area contributed by atoms with E-state index in [2.05, 4.69) is 0 Å². The molecule has 0 fully saturated rings. The van der Waals surface area contributed by atoms with Crippen molar-refractivity contribution in [3.05, 3.63) is 21.4 Å². The van der Waals surface area contributed by atoms with E-state index < -0.39 is 0 Å². The molecule has 2 N–H and O–H groups in total. The van der Waals surface area contributed by atoms with Crippen molar-refractivity contribution in [1.29, 1.82) is 0 Å². The first kappa shape index (κ1) is 12.6. The lowest BCUT2D eigenvalue weighted by atomic mass is 9.95. The first-order valence-electron chi connectivity index (χ1n) is 6.21. The van der Waals surface area contributed by atoms with Gasteiger partial charge in [0, 0.05) is 29.9 Å². The highest BCUT2D eigenvalue weighted by Crippen LogP contribution is 2.30. The Morgan fingerprint density at radius 2 is 2.24 bits per heavy atom. The van der Waals surface area contributed by atoms with Gasteiger partial charge in [-0.2, -0.15) is 0 Å². The normalized spacial score (nSPS) is 16.4. The first-order chi connectivity index (χ1) is 8.15. The van der Waals surface area contributed by atoms with Crippen LogP contribution >= 0.6 is 11.3 Å². The number of fused-ring (bicyclic) bond motifs is 1. The average Bonchev–Trinajstić information content (AvgIpc) is 2.79. The number of thiophene rings is 1. The number of nitrogens with two attached hydrogens (primary N) is 1. The van der Waals surface area contributed by atoms with Crippen molar-refractivity contribution >= 4 is 17.2 Å². The SMILES string of the molecule is CC(CN)N(C)C(=O)c1csc2c1CCCC2. The third-order valence-electron chi connectivity index (χ3n) is 3.61. The van der Waals surface area contributed by atoms with Crippen molar-refractivity contribution in [3.8, 4) is 0 Å². The van der Waals surface area contributed by atoms with Crippen molar-refractivity contribution in [2.45, 2.75) is 38.6 Å². The molecular formula is C13H20N2OS. The van der Waals surface area contributed by atoms with E-state index >= 15 is 0 Å². The standard InChI is InChI=1S/C13H20N2OS/c1-9(7-14)15(2)13(16)11-8-17-12-6-4-3-5-10(11)12/h8-9H,3-7,14H2,1-2H3. The van der Waals surface area contributed by atoms with Crippen LogP contribution in [0.3, 0.4) is 0 Å². The lowest BCUT2D eigenvalue weighted by Gasteiger charge is -2.24. The van der Waals surface area contributed by atoms with Crippen LogP contribution in [-0.4, -0.2) is 30.4 Å². The number of aryl methyl sites for hydroxylation is 1. The van der Waals surface area contributed by atoms with Gasteiger partial charge in [-0.25, -0.2) is 0 Å². The van der Waals surface area contributed by atoms with Crippen LogP contribution in [0.5, 0.6) is 0 Å². The molecule has 1 aliphatic carbocycles. The molecule has 17 heavy (non-hydrogen) atoms. The van der Waals surface area contributed by atoms with Gasteiger partial charge in [-0.3, -0.25) is 4.79 Å². The van der Waals surface area contributed by atoms with Crippen LogP contribution in [0.25, 0.3) is 0 Å². The van der Waals surface area contributed by atoms with Gasteiger partial charge in [0.15, 0.2) is 0 Å². The topological polar surface area (TPSA) is 46.3 Å². The highest BCUT2D eigenvalue weighted by molar-refractivity contribution is 7.10. The first-order valence-corrected chi connectivity index (χ1v) is 7.09. The molecule has 0 aliphatic heterocycles. The summed E-state index contributed by atoms with van der Waals surface area (Å²) in [5.74, 6) is 0.127. The number of rotatable bonds is 3. The summed E-state index contributed by atoms with van der Waals surface area (Å²) in [4.78, 5) is 15.5. The summed E-state index contributed by atoms with van der Waals surface area (Å²) in [6, 6.07) is 0.0987. The van der Waals surface area contributed by atoms with E-state index in [0.717, 1.165) is 18.4 Å². The van der Waals surface area contributed by atoms with Crippen molar-refractivity contribution < 1.29 is 4.79 Å². The highest BCUT2D eigenvalue weighted by Gasteiger charge is 2.23. The molecule has 1 atom stereocenters. The van der Waals surface area contributed by atoms with Crippen LogP contribution < -0.4 is 5.73 Å². The number of amides is 1. The van der Waals surface area contributed by atoms with Crippen LogP contribution in [0.4, 0.5) is 0 Å². The summed E-state index contributed by atoms with van der Waals surface area (Å²) in [6.07, 6.45) is 4.67. The Morgan fingerprint density at radius 1 is 1.53 bits per heavy atom. The van der Waals surface area contributed by atoms with E-state index in [1.54, 1.807) is 16.2 Å². The molecule has 2 rings (SSSR count). The molecule has 0 spiro atoms. The summed E-state index contributed by atoms with van der Waals surface area (Å²) in [6.45, 7) is 2.49. The Balaban J connectivity index is 2.22. The monoisotopic (exact) mass is 252 g/mol. The minimum Gasteiger partial charge on any atom is -0.338 e. The van der Waals surface area contributed by atoms with Gasteiger partial charge in [0.05, 0.1) is 5.56 Å². The molecule has 0 aromatic carbocycles. The molecule has 3 nitrogen and oxygen atoms in total. The predicted molar refractivity (Wildman–Crippen MR) is 71.6 cm³/mol. The van der Waals surface area contributed by atoms with E-state index in [0.29, 0.717) is 6.54 Å². The van der Waals surface area contributed by atoms with Crippen molar-refractivity contribution in [1.82, 2.24) is 4.90 Å². The fourth-order valence-corrected chi connectivity index (χ4v) is 3.34. The van der Waals surface area contributed by atoms with Gasteiger partial charge in [0.1, 0.15) is 0 Å². The summed E-state index contributed by atoms with van der Waals surface area (Å²) >= 11 is 1.74. The largest absolute Gasteiger partial charge is 0.338 e. The van der Waals surface area contributed by atoms with Gasteiger partial charge >= 0.3 is 0 Å². The number of hydrogen-bond donors (Lipinski definition) is 1. The van der Waals surface area contributed by atoms with Gasteiger partial charge in [-0.05, 0) is 38.2 Å². The van der Waals surface area contributed by atoms with Crippen LogP contribution in [0, 0.1) is 0 Å². The second-order valence-electron chi connectivity index (χ2n) is 4.76. The molecule has 0 bridgehead atoms. The Hall–Kier alpha value is -0.870. The predicted octanol–water partition coefficient (Wildman–Crippen LogP) is 2.05. The summed E-state index contributed by atoms with van der Waals surface area (Å²) < 4.78 is 0. The molecule has 1 unspecified atom stereocenters. The fraction of sp³-hybridized carbons (Fsp3) is 0.615. The smallest absolute Gasteiger partial charge is 0.255 e. The molecular weight excluding hydrogens is 232 g/mol. The Morgan fingerprint density at radius 3 is 2.94 bits per heavy atom. The molecule has 0 saturated carbocycles. The van der Waals surface area contributed by atoms with Crippen LogP contribution in [0.15, 0.2) is 5.38 Å². The third kappa shape index (κ3) is 2.38. The average molecular weight is 252 g/mol. The number of hydrogen-bond acceptors (Lipinski definition) is 3. The third-order valence-corrected chi connectivity index (χ3v) is 4.70. The summed E-state index contributed by atoms with van der Waals surface area (Å²) in [5.41, 5.74) is 7.81. The van der Waals surface area contributed by atoms with Gasteiger partial charge in [-0.1, -0.05) is 0 Å². The lowest BCUT2D eigenvalue weighted by Crippen LogP contribution is -2.39. The summed E-state index contributed by atoms with van der Waals surface area (Å²) in [5, 5.41) is 2.03. The fourth-order valence-electron chi connectivity index (χ4n) is 2.22. The summed E-state index contributed by atoms with van der Waals surface area (Å²) in [7, 11) is 1.84. The minimum absolute atomic E-state index is 0.0987. The molecule has 4 heteroatoms. The van der Waals surface area contributed by atoms with E-state index in [4.69, 9.17) is 5.73 Å². The van der Waals surface area contributed by atoms with E-state index in [1.165, 1.54) is 23.3 Å². The number of carbonyl (C=O) groups is 1. The second-order valence-corrected chi connectivity index (χ2v) is 5.72. The van der Waals surface area contributed by atoms with Gasteiger partial charge in [-0.15, -0.1) is 11.3 Å². The van der Waals surface area contributed by atoms with Crippen molar-refractivity contribution in [3.63, 3.8) is 0 Å². The maximum atomic E-state index is 12.4. The molecule has 1 amide bonds. The molecule has 1 aliphatic rings. The molecule has 1 aromatic rings. The minimum atomic E-state index is 0.0987. The van der Waals surface area contributed by atoms with Gasteiger partial charge < -0.3 is 10.6 Å². The van der Waals surface area contributed by atoms with E-state index in [1.807, 2.05) is 19.4 Å². The molecule has 1 aromatic heterocycles. The highest BCUT2D eigenvalue weighted by atomic mass is 32.1. The maximum absolute atomic E-state index is 12.4. The molecule has 0 saturated heterocycles. The molecule has 94 valence electrons. The zero-order valence-electron chi connectivity index (χ0n) is 10.5. The van der Waals surface area contributed by atoms with Gasteiger partial charge in [0.2, 0.25) is 0 Å². The molecule has 1 heterocycles. The second kappa shape index (κ2) is 5.19. The Bertz CT molecular complexity index is 414. The number of carbonyl (C=O) groups excluding carboxylic acids is 1. The van der Waals surface area contributed by atoms with E-state index in [-0.39, 0.29) is 11.9 Å². The maximum Gasteiger partial charge on any atom is 0.255 e. The zero-order chi connectivity index (χ0) is 12.4. The number of likely N-dealkylation sites (N-methyl/N-ethyl adjacent to an activating group) is 1. The Kier molecular flexibility index (Phi) is 3.84. The van der Waals surface area contributed by atoms with Crippen molar-refractivity contribution in [2.75, 3.05) is 13.6 Å². The van der Waals surface area contributed by atoms with Crippen LogP contribution in [-0.2, 0) is 12.8 Å². The zero-order valence-corrected chi connectivity index (χ0v) is 11.3. The lowest BCUT2D eigenvalue weighted by molar-refractivity contribution is 0.0747. The quantitative estimate of drug-likeness (QED) is 0.895. The number of nitrogens with zero attached hydrogens (tertiary/aromatic N) is 1. The Labute approximate surface area is 107 Å². The van der Waals surface area contributed by atoms with Crippen molar-refractivity contribution in [2.24, 2.45) is 5.73 Å².